The molecule has 0 aromatic rings. The molecule has 0 aliphatic carbocycles. The molecule has 0 aromatic heterocycles. The average molecular weight is 205 g/mol. The molecule has 4 nitrogen and oxygen atoms in total. The largest absolute Gasteiger partial charge is 0.370 e. The first-order valence-electron chi connectivity index (χ1n) is 4.31. The second-order valence-corrected chi connectivity index (χ2v) is 4.88. The molecule has 0 bridgehead atoms. The summed E-state index contributed by atoms with van der Waals surface area (Å²) in [5.74, 6) is 0.980. The Labute approximate surface area is 82.5 Å². The fourth-order valence-corrected chi connectivity index (χ4v) is 1.70. The van der Waals surface area contributed by atoms with E-state index in [9.17, 15) is 4.21 Å². The predicted molar refractivity (Wildman–Crippen MR) is 58.3 cm³/mol. The minimum absolute atomic E-state index is 0.0112. The zero-order valence-corrected chi connectivity index (χ0v) is 9.52. The van der Waals surface area contributed by atoms with Crippen molar-refractivity contribution in [3.63, 3.8) is 0 Å². The number of nitrogens with zero attached hydrogens (tertiary/aromatic N) is 1. The molecule has 0 aromatic carbocycles. The summed E-state index contributed by atoms with van der Waals surface area (Å²) in [6, 6.07) is 0.292. The van der Waals surface area contributed by atoms with E-state index in [0.717, 1.165) is 0 Å². The molecule has 0 fully saturated rings. The van der Waals surface area contributed by atoms with E-state index in [1.54, 1.807) is 6.26 Å². The summed E-state index contributed by atoms with van der Waals surface area (Å²) in [6.45, 7) is 5.88. The minimum Gasteiger partial charge on any atom is -0.370 e. The maximum Gasteiger partial charge on any atom is 0.189 e. The molecule has 0 heterocycles. The fourth-order valence-electron chi connectivity index (χ4n) is 0.947. The molecule has 0 amide bonds. The molecular formula is C8H19N3OS. The van der Waals surface area contributed by atoms with Crippen LogP contribution in [0.1, 0.15) is 20.8 Å². The minimum atomic E-state index is -0.815. The maximum atomic E-state index is 10.8. The number of aliphatic imine (C=N–C) groups is 1. The van der Waals surface area contributed by atoms with E-state index in [4.69, 9.17) is 5.73 Å². The van der Waals surface area contributed by atoms with E-state index in [-0.39, 0.29) is 12.1 Å². The van der Waals surface area contributed by atoms with E-state index in [1.807, 2.05) is 20.8 Å². The SMILES string of the molecule is CC(CS(C)=O)N=C(N)NC(C)C. The average Bonchev–Trinajstić information content (AvgIpc) is 1.80. The van der Waals surface area contributed by atoms with Gasteiger partial charge in [-0.25, -0.2) is 4.99 Å². The lowest BCUT2D eigenvalue weighted by molar-refractivity contribution is 0.678. The van der Waals surface area contributed by atoms with E-state index in [0.29, 0.717) is 11.7 Å². The third kappa shape index (κ3) is 7.77. The summed E-state index contributed by atoms with van der Waals surface area (Å²) < 4.78 is 10.8. The zero-order valence-electron chi connectivity index (χ0n) is 8.70. The van der Waals surface area contributed by atoms with Gasteiger partial charge in [0, 0.05) is 28.9 Å². The van der Waals surface area contributed by atoms with Crippen LogP contribution in [0.5, 0.6) is 0 Å². The summed E-state index contributed by atoms with van der Waals surface area (Å²) in [6.07, 6.45) is 1.66. The van der Waals surface area contributed by atoms with Crippen LogP contribution in [0.2, 0.25) is 0 Å². The molecule has 3 N–H and O–H groups in total. The van der Waals surface area contributed by atoms with Gasteiger partial charge in [0.2, 0.25) is 0 Å². The first-order valence-corrected chi connectivity index (χ1v) is 6.04. The lowest BCUT2D eigenvalue weighted by atomic mass is 10.4. The van der Waals surface area contributed by atoms with Crippen molar-refractivity contribution < 1.29 is 4.21 Å². The van der Waals surface area contributed by atoms with Gasteiger partial charge in [0.05, 0.1) is 6.04 Å². The van der Waals surface area contributed by atoms with E-state index in [1.165, 1.54) is 0 Å². The van der Waals surface area contributed by atoms with Gasteiger partial charge in [-0.3, -0.25) is 4.21 Å². The molecule has 0 rings (SSSR count). The maximum absolute atomic E-state index is 10.8. The quantitative estimate of drug-likeness (QED) is 0.504. The van der Waals surface area contributed by atoms with Gasteiger partial charge < -0.3 is 11.1 Å². The summed E-state index contributed by atoms with van der Waals surface area (Å²) >= 11 is 0. The van der Waals surface area contributed by atoms with Crippen LogP contribution in [0, 0.1) is 0 Å². The van der Waals surface area contributed by atoms with Crippen molar-refractivity contribution in [2.24, 2.45) is 10.7 Å². The Kier molecular flexibility index (Phi) is 5.70. The van der Waals surface area contributed by atoms with Gasteiger partial charge in [0.15, 0.2) is 5.96 Å². The number of hydrogen-bond donors (Lipinski definition) is 2. The lowest BCUT2D eigenvalue weighted by Crippen LogP contribution is -2.37. The topological polar surface area (TPSA) is 67.5 Å². The van der Waals surface area contributed by atoms with Crippen LogP contribution in [-0.2, 0) is 10.8 Å². The van der Waals surface area contributed by atoms with Gasteiger partial charge in [0.25, 0.3) is 0 Å². The smallest absolute Gasteiger partial charge is 0.189 e. The van der Waals surface area contributed by atoms with Crippen LogP contribution in [0.25, 0.3) is 0 Å². The molecule has 0 spiro atoms. The number of nitrogens with one attached hydrogen (secondary N) is 1. The number of guanidine groups is 1. The van der Waals surface area contributed by atoms with Gasteiger partial charge in [-0.05, 0) is 20.8 Å². The first kappa shape index (κ1) is 12.4. The second kappa shape index (κ2) is 5.96. The molecular weight excluding hydrogens is 186 g/mol. The Bertz CT molecular complexity index is 204. The van der Waals surface area contributed by atoms with E-state index < -0.39 is 10.8 Å². The summed E-state index contributed by atoms with van der Waals surface area (Å²) in [5.41, 5.74) is 5.59. The number of hydrogen-bond acceptors (Lipinski definition) is 2. The van der Waals surface area contributed by atoms with Gasteiger partial charge in [-0.1, -0.05) is 0 Å². The predicted octanol–water partition coefficient (Wildman–Crippen LogP) is 0.0661. The Morgan fingerprint density at radius 3 is 2.46 bits per heavy atom. The molecule has 0 saturated carbocycles. The Morgan fingerprint density at radius 2 is 2.08 bits per heavy atom. The highest BCUT2D eigenvalue weighted by atomic mass is 32.2. The van der Waals surface area contributed by atoms with Crippen molar-refractivity contribution in [1.29, 1.82) is 0 Å². The van der Waals surface area contributed by atoms with Crippen molar-refractivity contribution in [3.8, 4) is 0 Å². The molecule has 5 heteroatoms. The van der Waals surface area contributed by atoms with Crippen LogP contribution in [0.15, 0.2) is 4.99 Å². The van der Waals surface area contributed by atoms with Crippen LogP contribution in [0.3, 0.4) is 0 Å². The van der Waals surface area contributed by atoms with Crippen molar-refractivity contribution in [2.45, 2.75) is 32.9 Å². The van der Waals surface area contributed by atoms with Gasteiger partial charge in [-0.15, -0.1) is 0 Å². The monoisotopic (exact) mass is 205 g/mol. The molecule has 2 unspecified atom stereocenters. The van der Waals surface area contributed by atoms with Gasteiger partial charge >= 0.3 is 0 Å². The van der Waals surface area contributed by atoms with Crippen molar-refractivity contribution in [1.82, 2.24) is 5.32 Å². The Balaban J connectivity index is 3.98. The standard InChI is InChI=1S/C8H19N3OS/c1-6(2)10-8(9)11-7(3)5-13(4)12/h6-7H,5H2,1-4H3,(H3,9,10,11). The highest BCUT2D eigenvalue weighted by Crippen LogP contribution is 1.91. The zero-order chi connectivity index (χ0) is 10.4. The third-order valence-corrected chi connectivity index (χ3v) is 2.22. The summed E-state index contributed by atoms with van der Waals surface area (Å²) in [4.78, 5) is 4.15. The van der Waals surface area contributed by atoms with Crippen LogP contribution in [-0.4, -0.2) is 34.3 Å². The Hall–Kier alpha value is -0.580. The third-order valence-electron chi connectivity index (χ3n) is 1.27. The van der Waals surface area contributed by atoms with Gasteiger partial charge in [0.1, 0.15) is 0 Å². The number of rotatable bonds is 4. The lowest BCUT2D eigenvalue weighted by Gasteiger charge is -2.10. The normalized spacial score (nSPS) is 17.2. The Morgan fingerprint density at radius 1 is 1.54 bits per heavy atom. The van der Waals surface area contributed by atoms with Crippen LogP contribution >= 0.6 is 0 Å². The molecule has 13 heavy (non-hydrogen) atoms. The van der Waals surface area contributed by atoms with Crippen molar-refractivity contribution in [2.75, 3.05) is 12.0 Å². The second-order valence-electron chi connectivity index (χ2n) is 3.40. The van der Waals surface area contributed by atoms with Crippen molar-refractivity contribution in [3.05, 3.63) is 0 Å². The van der Waals surface area contributed by atoms with Crippen LogP contribution < -0.4 is 11.1 Å². The molecule has 78 valence electrons. The highest BCUT2D eigenvalue weighted by molar-refractivity contribution is 7.84. The van der Waals surface area contributed by atoms with E-state index >= 15 is 0 Å². The number of nitrogens with two attached hydrogens (primary N) is 1. The molecule has 0 radical (unpaired) electrons. The van der Waals surface area contributed by atoms with Gasteiger partial charge in [-0.2, -0.15) is 0 Å². The van der Waals surface area contributed by atoms with Crippen molar-refractivity contribution >= 4 is 16.8 Å². The molecule has 0 saturated heterocycles. The fraction of sp³-hybridized carbons (Fsp3) is 0.875. The molecule has 0 aliphatic heterocycles. The highest BCUT2D eigenvalue weighted by Gasteiger charge is 2.03. The summed E-state index contributed by atoms with van der Waals surface area (Å²) in [5, 5.41) is 2.98. The van der Waals surface area contributed by atoms with E-state index in [2.05, 4.69) is 10.3 Å². The molecule has 0 aliphatic rings. The first-order chi connectivity index (χ1) is 5.91. The molecule has 2 atom stereocenters. The van der Waals surface area contributed by atoms with Crippen LogP contribution in [0.4, 0.5) is 0 Å². The summed E-state index contributed by atoms with van der Waals surface area (Å²) in [7, 11) is -0.815.